The van der Waals surface area contributed by atoms with E-state index < -0.39 is 23.1 Å². The maximum atomic E-state index is 12.4. The highest BCUT2D eigenvalue weighted by atomic mass is 16.5. The van der Waals surface area contributed by atoms with Gasteiger partial charge in [-0.1, -0.05) is 18.2 Å². The number of nitrogens with zero attached hydrogens (tertiary/aromatic N) is 1. The van der Waals surface area contributed by atoms with Gasteiger partial charge in [-0.05, 0) is 31.2 Å². The van der Waals surface area contributed by atoms with Crippen molar-refractivity contribution in [1.29, 1.82) is 0 Å². The van der Waals surface area contributed by atoms with Gasteiger partial charge >= 0.3 is 0 Å². The smallest absolute Gasteiger partial charge is 0.258 e. The Kier molecular flexibility index (Phi) is 3.57. The van der Waals surface area contributed by atoms with E-state index in [0.29, 0.717) is 11.1 Å². The van der Waals surface area contributed by atoms with Crippen LogP contribution in [0.15, 0.2) is 66.5 Å². The molecule has 3 rings (SSSR count). The number of amides is 1. The first-order valence-electron chi connectivity index (χ1n) is 6.96. The van der Waals surface area contributed by atoms with Crippen LogP contribution in [-0.2, 0) is 15.1 Å². The van der Waals surface area contributed by atoms with E-state index >= 15 is 0 Å². The summed E-state index contributed by atoms with van der Waals surface area (Å²) in [4.78, 5) is 28.4. The van der Waals surface area contributed by atoms with E-state index in [4.69, 9.17) is 4.74 Å². The molecule has 6 nitrogen and oxygen atoms in total. The van der Waals surface area contributed by atoms with E-state index in [-0.39, 0.29) is 5.88 Å². The summed E-state index contributed by atoms with van der Waals surface area (Å²) >= 11 is 0. The maximum Gasteiger partial charge on any atom is 0.258 e. The van der Waals surface area contributed by atoms with E-state index in [2.05, 4.69) is 10.3 Å². The van der Waals surface area contributed by atoms with E-state index in [1.165, 1.54) is 19.3 Å². The zero-order valence-electron chi connectivity index (χ0n) is 12.3. The highest BCUT2D eigenvalue weighted by molar-refractivity contribution is 6.04. The first kappa shape index (κ1) is 14.8. The Morgan fingerprint density at radius 3 is 2.48 bits per heavy atom. The average Bonchev–Trinajstić information content (AvgIpc) is 2.81. The molecule has 1 aromatic carbocycles. The molecule has 1 aliphatic heterocycles. The second-order valence-electron chi connectivity index (χ2n) is 5.20. The molecule has 0 fully saturated rings. The number of aliphatic hydroxyl groups excluding tert-OH is 1. The minimum atomic E-state index is -1.40. The van der Waals surface area contributed by atoms with E-state index in [0.717, 1.165) is 0 Å². The number of hydrogen-bond donors (Lipinski definition) is 2. The maximum absolute atomic E-state index is 12.4. The Morgan fingerprint density at radius 2 is 1.83 bits per heavy atom. The summed E-state index contributed by atoms with van der Waals surface area (Å²) in [5, 5.41) is 12.5. The van der Waals surface area contributed by atoms with Gasteiger partial charge in [-0.25, -0.2) is 0 Å². The molecule has 0 spiro atoms. The lowest BCUT2D eigenvalue weighted by atomic mass is 9.92. The number of ether oxygens (including phenoxy) is 1. The third-order valence-corrected chi connectivity index (χ3v) is 3.66. The zero-order valence-corrected chi connectivity index (χ0v) is 12.3. The van der Waals surface area contributed by atoms with Crippen molar-refractivity contribution in [3.63, 3.8) is 0 Å². The number of benzene rings is 1. The molecule has 0 saturated heterocycles. The van der Waals surface area contributed by atoms with Crippen molar-refractivity contribution in [1.82, 2.24) is 10.3 Å². The van der Waals surface area contributed by atoms with Crippen molar-refractivity contribution >= 4 is 11.7 Å². The van der Waals surface area contributed by atoms with Gasteiger partial charge in [0.1, 0.15) is 0 Å². The first-order chi connectivity index (χ1) is 11.0. The van der Waals surface area contributed by atoms with Gasteiger partial charge < -0.3 is 9.84 Å². The Bertz CT molecular complexity index is 787. The van der Waals surface area contributed by atoms with Crippen molar-refractivity contribution < 1.29 is 19.4 Å². The molecule has 0 saturated carbocycles. The molecule has 2 N–H and O–H groups in total. The summed E-state index contributed by atoms with van der Waals surface area (Å²) in [6.45, 7) is 1.53. The molecule has 23 heavy (non-hydrogen) atoms. The number of nitrogens with one attached hydrogen (secondary N) is 1. The predicted octanol–water partition coefficient (Wildman–Crippen LogP) is 2.05. The van der Waals surface area contributed by atoms with Crippen LogP contribution < -0.4 is 5.32 Å². The van der Waals surface area contributed by atoms with Gasteiger partial charge in [0.05, 0.1) is 0 Å². The Hall–Kier alpha value is -3.15. The molecule has 2 aromatic rings. The van der Waals surface area contributed by atoms with Crippen LogP contribution in [-0.4, -0.2) is 21.8 Å². The molecule has 1 amide bonds. The zero-order chi connectivity index (χ0) is 16.4. The summed E-state index contributed by atoms with van der Waals surface area (Å²) in [5.74, 6) is -1.94. The summed E-state index contributed by atoms with van der Waals surface area (Å²) < 4.78 is 5.57. The van der Waals surface area contributed by atoms with E-state index in [1.54, 1.807) is 42.5 Å². The molecular weight excluding hydrogens is 296 g/mol. The van der Waals surface area contributed by atoms with Gasteiger partial charge in [-0.15, -0.1) is 0 Å². The number of Topliss-reactive ketones (excluding diaryl/α,β-unsaturated/α-hetero) is 1. The minimum absolute atomic E-state index is 0.247. The predicted molar refractivity (Wildman–Crippen MR) is 81.2 cm³/mol. The Morgan fingerprint density at radius 1 is 1.17 bits per heavy atom. The van der Waals surface area contributed by atoms with Crippen LogP contribution in [0.4, 0.5) is 0 Å². The standard InChI is InChI=1S/C17H14N2O4/c1-17(12-7-9-18-10-8-12)14(21)13(20)16(23-17)19-15(22)11-5-3-2-4-6-11/h2-10,20H,1H3,(H,19,22). The molecular formula is C17H14N2O4. The lowest BCUT2D eigenvalue weighted by molar-refractivity contribution is -0.131. The summed E-state index contributed by atoms with van der Waals surface area (Å²) in [6.07, 6.45) is 3.05. The van der Waals surface area contributed by atoms with E-state index in [1.807, 2.05) is 0 Å². The minimum Gasteiger partial charge on any atom is -0.501 e. The van der Waals surface area contributed by atoms with Gasteiger partial charge in [0.15, 0.2) is 5.60 Å². The van der Waals surface area contributed by atoms with Gasteiger partial charge in [0.25, 0.3) is 11.7 Å². The van der Waals surface area contributed by atoms with Gasteiger partial charge in [0, 0.05) is 23.5 Å². The summed E-state index contributed by atoms with van der Waals surface area (Å²) in [5.41, 5.74) is -0.471. The fraction of sp³-hybridized carbons (Fsp3) is 0.118. The number of aliphatic hydroxyl groups is 1. The second kappa shape index (κ2) is 5.57. The molecule has 1 aliphatic rings. The number of pyridine rings is 1. The number of aromatic nitrogens is 1. The SMILES string of the molecule is CC1(c2ccncc2)OC(NC(=O)c2ccccc2)=C(O)C1=O. The number of ketones is 1. The molecule has 1 aromatic heterocycles. The molecule has 2 heterocycles. The molecule has 0 aliphatic carbocycles. The number of hydrogen-bond acceptors (Lipinski definition) is 5. The topological polar surface area (TPSA) is 88.5 Å². The molecule has 1 unspecified atom stereocenters. The van der Waals surface area contributed by atoms with Gasteiger partial charge in [-0.2, -0.15) is 0 Å². The van der Waals surface area contributed by atoms with Crippen molar-refractivity contribution in [2.24, 2.45) is 0 Å². The van der Waals surface area contributed by atoms with Crippen molar-refractivity contribution in [2.75, 3.05) is 0 Å². The van der Waals surface area contributed by atoms with Crippen LogP contribution in [0.1, 0.15) is 22.8 Å². The normalized spacial score (nSPS) is 20.3. The van der Waals surface area contributed by atoms with Crippen molar-refractivity contribution in [3.05, 3.63) is 77.6 Å². The van der Waals surface area contributed by atoms with Crippen LogP contribution >= 0.6 is 0 Å². The van der Waals surface area contributed by atoms with Crippen molar-refractivity contribution in [2.45, 2.75) is 12.5 Å². The fourth-order valence-corrected chi connectivity index (χ4v) is 2.34. The van der Waals surface area contributed by atoms with Crippen LogP contribution in [0.2, 0.25) is 0 Å². The Labute approximate surface area is 132 Å². The monoisotopic (exact) mass is 310 g/mol. The molecule has 0 radical (unpaired) electrons. The quantitative estimate of drug-likeness (QED) is 0.906. The number of carbonyl (C=O) groups is 2. The van der Waals surface area contributed by atoms with Gasteiger partial charge in [0.2, 0.25) is 11.6 Å². The van der Waals surface area contributed by atoms with Crippen LogP contribution in [0.5, 0.6) is 0 Å². The van der Waals surface area contributed by atoms with Crippen molar-refractivity contribution in [3.8, 4) is 0 Å². The molecule has 1 atom stereocenters. The first-order valence-corrected chi connectivity index (χ1v) is 6.96. The van der Waals surface area contributed by atoms with Gasteiger partial charge in [-0.3, -0.25) is 19.9 Å². The highest BCUT2D eigenvalue weighted by Crippen LogP contribution is 2.36. The second-order valence-corrected chi connectivity index (χ2v) is 5.20. The lowest BCUT2D eigenvalue weighted by Gasteiger charge is -2.23. The molecule has 6 heteroatoms. The lowest BCUT2D eigenvalue weighted by Crippen LogP contribution is -2.32. The third-order valence-electron chi connectivity index (χ3n) is 3.66. The number of rotatable bonds is 3. The fourth-order valence-electron chi connectivity index (χ4n) is 2.34. The largest absolute Gasteiger partial charge is 0.501 e. The molecule has 0 bridgehead atoms. The summed E-state index contributed by atoms with van der Waals surface area (Å²) in [7, 11) is 0. The third kappa shape index (κ3) is 2.55. The molecule has 116 valence electrons. The average molecular weight is 310 g/mol. The highest BCUT2D eigenvalue weighted by Gasteiger charge is 2.48. The summed E-state index contributed by atoms with van der Waals surface area (Å²) in [6, 6.07) is 11.7. The van der Waals surface area contributed by atoms with Crippen LogP contribution in [0, 0.1) is 0 Å². The van der Waals surface area contributed by atoms with Crippen LogP contribution in [0.25, 0.3) is 0 Å². The Balaban J connectivity index is 1.85. The number of carbonyl (C=O) groups excluding carboxylic acids is 2. The van der Waals surface area contributed by atoms with E-state index in [9.17, 15) is 14.7 Å². The van der Waals surface area contributed by atoms with Crippen LogP contribution in [0.3, 0.4) is 0 Å².